The lowest BCUT2D eigenvalue weighted by Gasteiger charge is -2.27. The van der Waals surface area contributed by atoms with Crippen molar-refractivity contribution in [2.45, 2.75) is 43.9 Å². The summed E-state index contributed by atoms with van der Waals surface area (Å²) in [6, 6.07) is 0.203. The highest BCUT2D eigenvalue weighted by molar-refractivity contribution is 7.95. The van der Waals surface area contributed by atoms with Crippen LogP contribution in [0.25, 0.3) is 0 Å². The molecule has 2 saturated heterocycles. The van der Waals surface area contributed by atoms with Gasteiger partial charge in [0.15, 0.2) is 9.84 Å². The number of rotatable bonds is 6. The maximum atomic E-state index is 12.6. The Balaban J connectivity index is 2.10. The van der Waals surface area contributed by atoms with E-state index in [0.717, 1.165) is 25.8 Å². The second kappa shape index (κ2) is 6.29. The quantitative estimate of drug-likeness (QED) is 0.742. The van der Waals surface area contributed by atoms with Crippen LogP contribution < -0.4 is 5.32 Å². The number of sulfone groups is 1. The molecule has 2 unspecified atom stereocenters. The fraction of sp³-hybridized carbons (Fsp3) is 1.00. The van der Waals surface area contributed by atoms with Crippen molar-refractivity contribution >= 4 is 19.9 Å². The molecule has 0 aliphatic carbocycles. The van der Waals surface area contributed by atoms with Crippen molar-refractivity contribution in [3.05, 3.63) is 0 Å². The monoisotopic (exact) mass is 324 g/mol. The summed E-state index contributed by atoms with van der Waals surface area (Å²) in [6.07, 6.45) is 3.04. The standard InChI is InChI=1S/C12H24N2O4S2/c1-2-7-14(9-11-4-3-6-13-11)20(17,18)12-5-8-19(15,16)10-12/h11-13H,2-10H2,1H3. The van der Waals surface area contributed by atoms with Gasteiger partial charge in [-0.25, -0.2) is 21.1 Å². The summed E-state index contributed by atoms with van der Waals surface area (Å²) in [5.74, 6) is -0.216. The number of sulfonamides is 1. The molecule has 1 N–H and O–H groups in total. The number of nitrogens with zero attached hydrogens (tertiary/aromatic N) is 1. The third kappa shape index (κ3) is 3.72. The zero-order valence-electron chi connectivity index (χ0n) is 11.9. The number of hydrogen-bond acceptors (Lipinski definition) is 5. The highest BCUT2D eigenvalue weighted by Crippen LogP contribution is 2.23. The molecule has 0 aromatic rings. The van der Waals surface area contributed by atoms with Crippen molar-refractivity contribution < 1.29 is 16.8 Å². The van der Waals surface area contributed by atoms with Crippen LogP contribution in [0.2, 0.25) is 0 Å². The summed E-state index contributed by atoms with van der Waals surface area (Å²) in [5.41, 5.74) is 0. The highest BCUT2D eigenvalue weighted by Gasteiger charge is 2.40. The molecule has 0 aromatic carbocycles. The van der Waals surface area contributed by atoms with Gasteiger partial charge in [-0.3, -0.25) is 0 Å². The van der Waals surface area contributed by atoms with Gasteiger partial charge in [0.1, 0.15) is 0 Å². The van der Waals surface area contributed by atoms with Gasteiger partial charge in [-0.2, -0.15) is 0 Å². The zero-order chi connectivity index (χ0) is 14.8. The molecule has 2 heterocycles. The Morgan fingerprint density at radius 3 is 2.55 bits per heavy atom. The minimum atomic E-state index is -3.51. The zero-order valence-corrected chi connectivity index (χ0v) is 13.5. The largest absolute Gasteiger partial charge is 0.313 e. The van der Waals surface area contributed by atoms with Gasteiger partial charge >= 0.3 is 0 Å². The molecule has 0 saturated carbocycles. The summed E-state index contributed by atoms with van der Waals surface area (Å²) in [4.78, 5) is 0. The molecule has 118 valence electrons. The normalized spacial score (nSPS) is 30.1. The van der Waals surface area contributed by atoms with Gasteiger partial charge in [-0.05, 0) is 32.2 Å². The van der Waals surface area contributed by atoms with Crippen molar-refractivity contribution in [2.24, 2.45) is 0 Å². The van der Waals surface area contributed by atoms with E-state index in [1.807, 2.05) is 6.92 Å². The fourth-order valence-electron chi connectivity index (χ4n) is 2.94. The Bertz CT molecular complexity index is 524. The van der Waals surface area contributed by atoms with Crippen molar-refractivity contribution in [1.82, 2.24) is 9.62 Å². The molecule has 0 bridgehead atoms. The molecule has 8 heteroatoms. The van der Waals surface area contributed by atoms with Gasteiger partial charge in [0.05, 0.1) is 16.8 Å². The van der Waals surface area contributed by atoms with Gasteiger partial charge in [0.2, 0.25) is 10.0 Å². The van der Waals surface area contributed by atoms with Crippen LogP contribution in [-0.4, -0.2) is 63.6 Å². The molecular weight excluding hydrogens is 300 g/mol. The minimum Gasteiger partial charge on any atom is -0.313 e. The van der Waals surface area contributed by atoms with Gasteiger partial charge in [-0.1, -0.05) is 6.92 Å². The second-order valence-corrected chi connectivity index (χ2v) is 10.2. The van der Waals surface area contributed by atoms with Crippen LogP contribution in [0.15, 0.2) is 0 Å². The van der Waals surface area contributed by atoms with Crippen LogP contribution in [-0.2, 0) is 19.9 Å². The number of nitrogens with one attached hydrogen (secondary N) is 1. The highest BCUT2D eigenvalue weighted by atomic mass is 32.2. The summed E-state index contributed by atoms with van der Waals surface area (Å²) >= 11 is 0. The van der Waals surface area contributed by atoms with Crippen LogP contribution in [0.4, 0.5) is 0 Å². The summed E-state index contributed by atoms with van der Waals surface area (Å²) in [6.45, 7) is 3.81. The maximum Gasteiger partial charge on any atom is 0.218 e. The Kier molecular flexibility index (Phi) is 5.09. The summed E-state index contributed by atoms with van der Waals surface area (Å²) < 4.78 is 49.8. The first-order valence-corrected chi connectivity index (χ1v) is 10.6. The van der Waals surface area contributed by atoms with Gasteiger partial charge in [-0.15, -0.1) is 0 Å². The first kappa shape index (κ1) is 16.2. The van der Waals surface area contributed by atoms with Crippen molar-refractivity contribution in [1.29, 1.82) is 0 Å². The Labute approximate surface area is 121 Å². The van der Waals surface area contributed by atoms with Crippen molar-refractivity contribution in [3.63, 3.8) is 0 Å². The van der Waals surface area contributed by atoms with E-state index >= 15 is 0 Å². The first-order chi connectivity index (χ1) is 9.35. The van der Waals surface area contributed by atoms with E-state index in [4.69, 9.17) is 0 Å². The van der Waals surface area contributed by atoms with E-state index in [1.54, 1.807) is 0 Å². The lowest BCUT2D eigenvalue weighted by molar-refractivity contribution is 0.365. The van der Waals surface area contributed by atoms with E-state index < -0.39 is 25.1 Å². The van der Waals surface area contributed by atoms with Crippen molar-refractivity contribution in [2.75, 3.05) is 31.1 Å². The topological polar surface area (TPSA) is 83.6 Å². The van der Waals surface area contributed by atoms with Gasteiger partial charge < -0.3 is 5.32 Å². The number of hydrogen-bond donors (Lipinski definition) is 1. The molecule has 0 spiro atoms. The predicted molar refractivity (Wildman–Crippen MR) is 78.9 cm³/mol. The first-order valence-electron chi connectivity index (χ1n) is 7.28. The van der Waals surface area contributed by atoms with Crippen LogP contribution >= 0.6 is 0 Å². The van der Waals surface area contributed by atoms with E-state index in [1.165, 1.54) is 4.31 Å². The van der Waals surface area contributed by atoms with E-state index in [0.29, 0.717) is 13.1 Å². The SMILES string of the molecule is CCCN(CC1CCCN1)S(=O)(=O)C1CCS(=O)(=O)C1. The molecule has 2 fully saturated rings. The average molecular weight is 324 g/mol. The van der Waals surface area contributed by atoms with Crippen LogP contribution in [0.3, 0.4) is 0 Å². The Morgan fingerprint density at radius 2 is 2.05 bits per heavy atom. The third-order valence-electron chi connectivity index (χ3n) is 4.03. The molecule has 0 radical (unpaired) electrons. The van der Waals surface area contributed by atoms with E-state index in [2.05, 4.69) is 5.32 Å². The van der Waals surface area contributed by atoms with Crippen molar-refractivity contribution in [3.8, 4) is 0 Å². The van der Waals surface area contributed by atoms with E-state index in [9.17, 15) is 16.8 Å². The molecule has 6 nitrogen and oxygen atoms in total. The molecule has 0 aromatic heterocycles. The smallest absolute Gasteiger partial charge is 0.218 e. The lowest BCUT2D eigenvalue weighted by atomic mass is 10.2. The average Bonchev–Trinajstić information content (AvgIpc) is 2.98. The molecule has 0 amide bonds. The van der Waals surface area contributed by atoms with Crippen LogP contribution in [0, 0.1) is 0 Å². The molecule has 2 rings (SSSR count). The molecule has 2 aliphatic rings. The molecule has 20 heavy (non-hydrogen) atoms. The lowest BCUT2D eigenvalue weighted by Crippen LogP contribution is -2.45. The fourth-order valence-corrected chi connectivity index (χ4v) is 7.60. The summed E-state index contributed by atoms with van der Waals surface area (Å²) in [7, 11) is -6.68. The van der Waals surface area contributed by atoms with E-state index in [-0.39, 0.29) is 24.0 Å². The molecule has 2 atom stereocenters. The predicted octanol–water partition coefficient (Wildman–Crippen LogP) is -0.0327. The summed E-state index contributed by atoms with van der Waals surface area (Å²) in [5, 5.41) is 2.55. The molecule has 2 aliphatic heterocycles. The Hall–Kier alpha value is -0.180. The van der Waals surface area contributed by atoms with Crippen LogP contribution in [0.5, 0.6) is 0 Å². The third-order valence-corrected chi connectivity index (χ3v) is 8.31. The van der Waals surface area contributed by atoms with Gasteiger partial charge in [0.25, 0.3) is 0 Å². The maximum absolute atomic E-state index is 12.6. The Morgan fingerprint density at radius 1 is 1.30 bits per heavy atom. The second-order valence-electron chi connectivity index (χ2n) is 5.72. The minimum absolute atomic E-state index is 0.00145. The van der Waals surface area contributed by atoms with Gasteiger partial charge in [0, 0.05) is 19.1 Å². The molecular formula is C12H24N2O4S2. The van der Waals surface area contributed by atoms with Crippen LogP contribution in [0.1, 0.15) is 32.6 Å².